The minimum absolute atomic E-state index is 0.00349. The minimum atomic E-state index is -0.472. The van der Waals surface area contributed by atoms with Crippen LogP contribution in [0.2, 0.25) is 5.02 Å². The van der Waals surface area contributed by atoms with Gasteiger partial charge in [-0.3, -0.25) is 10.1 Å². The third-order valence-electron chi connectivity index (χ3n) is 3.64. The van der Waals surface area contributed by atoms with Gasteiger partial charge in [-0.2, -0.15) is 0 Å². The summed E-state index contributed by atoms with van der Waals surface area (Å²) in [5.74, 6) is 0.278. The zero-order valence-corrected chi connectivity index (χ0v) is 13.7. The normalized spacial score (nSPS) is 11.8. The second-order valence-electron chi connectivity index (χ2n) is 6.37. The predicted octanol–water partition coefficient (Wildman–Crippen LogP) is 5.35. The van der Waals surface area contributed by atoms with E-state index in [0.717, 1.165) is 5.56 Å². The third kappa shape index (κ3) is 2.92. The molecule has 0 N–H and O–H groups in total. The average Bonchev–Trinajstić information content (AvgIpc) is 2.89. The van der Waals surface area contributed by atoms with Gasteiger partial charge in [0.25, 0.3) is 5.69 Å². The molecule has 23 heavy (non-hydrogen) atoms. The fourth-order valence-electron chi connectivity index (χ4n) is 2.30. The number of oxazole rings is 1. The molecule has 0 atom stereocenters. The van der Waals surface area contributed by atoms with Crippen molar-refractivity contribution in [3.8, 4) is 11.5 Å². The molecule has 3 rings (SSSR count). The van der Waals surface area contributed by atoms with E-state index in [1.165, 1.54) is 18.2 Å². The quantitative estimate of drug-likeness (QED) is 0.469. The van der Waals surface area contributed by atoms with Crippen LogP contribution in [0.25, 0.3) is 22.6 Å². The van der Waals surface area contributed by atoms with E-state index in [9.17, 15) is 10.1 Å². The number of nitro groups is 1. The van der Waals surface area contributed by atoms with Gasteiger partial charge in [-0.1, -0.05) is 38.4 Å². The molecule has 0 bridgehead atoms. The van der Waals surface area contributed by atoms with Crippen molar-refractivity contribution in [2.24, 2.45) is 0 Å². The maximum Gasteiger partial charge on any atom is 0.270 e. The van der Waals surface area contributed by atoms with Crippen molar-refractivity contribution in [3.05, 3.63) is 57.1 Å². The highest BCUT2D eigenvalue weighted by Crippen LogP contribution is 2.34. The van der Waals surface area contributed by atoms with Gasteiger partial charge in [-0.05, 0) is 29.2 Å². The van der Waals surface area contributed by atoms with Crippen LogP contribution >= 0.6 is 11.6 Å². The molecule has 0 saturated carbocycles. The van der Waals surface area contributed by atoms with Gasteiger partial charge < -0.3 is 4.42 Å². The molecule has 0 fully saturated rings. The maximum absolute atomic E-state index is 10.9. The summed E-state index contributed by atoms with van der Waals surface area (Å²) in [5.41, 5.74) is 2.81. The summed E-state index contributed by atoms with van der Waals surface area (Å²) in [6, 6.07) is 10.0. The van der Waals surface area contributed by atoms with Gasteiger partial charge >= 0.3 is 0 Å². The number of fused-ring (bicyclic) bond motifs is 1. The SMILES string of the molecule is CC(C)(C)c1ccc2oc(-c3cc([N+](=O)[O-])ccc3Cl)nc2c1. The fourth-order valence-corrected chi connectivity index (χ4v) is 2.50. The molecule has 0 aliphatic carbocycles. The lowest BCUT2D eigenvalue weighted by molar-refractivity contribution is -0.384. The fraction of sp³-hybridized carbons (Fsp3) is 0.235. The smallest absolute Gasteiger partial charge is 0.270 e. The molecule has 0 saturated heterocycles. The monoisotopic (exact) mass is 330 g/mol. The molecule has 0 amide bonds. The standard InChI is InChI=1S/C17H15ClN2O3/c1-17(2,3)10-4-7-15-14(8-10)19-16(23-15)12-9-11(20(21)22)5-6-13(12)18/h4-9H,1-3H3. The summed E-state index contributed by atoms with van der Waals surface area (Å²) >= 11 is 6.14. The molecule has 0 radical (unpaired) electrons. The van der Waals surface area contributed by atoms with Crippen molar-refractivity contribution in [1.82, 2.24) is 4.98 Å². The first-order valence-electron chi connectivity index (χ1n) is 7.11. The summed E-state index contributed by atoms with van der Waals surface area (Å²) in [6.07, 6.45) is 0. The Morgan fingerprint density at radius 1 is 1.17 bits per heavy atom. The number of hydrogen-bond acceptors (Lipinski definition) is 4. The van der Waals surface area contributed by atoms with E-state index < -0.39 is 4.92 Å². The number of nitrogens with zero attached hydrogens (tertiary/aromatic N) is 2. The number of non-ortho nitro benzene ring substituents is 1. The lowest BCUT2D eigenvalue weighted by Crippen LogP contribution is -2.10. The molecule has 5 nitrogen and oxygen atoms in total. The van der Waals surface area contributed by atoms with Gasteiger partial charge in [-0.25, -0.2) is 4.98 Å². The highest BCUT2D eigenvalue weighted by Gasteiger charge is 2.18. The molecule has 118 valence electrons. The van der Waals surface area contributed by atoms with Crippen LogP contribution in [0, 0.1) is 10.1 Å². The molecule has 6 heteroatoms. The van der Waals surface area contributed by atoms with E-state index >= 15 is 0 Å². The molecular weight excluding hydrogens is 316 g/mol. The number of nitro benzene ring substituents is 1. The van der Waals surface area contributed by atoms with Crippen LogP contribution in [0.3, 0.4) is 0 Å². The third-order valence-corrected chi connectivity index (χ3v) is 3.97. The lowest BCUT2D eigenvalue weighted by Gasteiger charge is -2.18. The molecule has 1 aromatic heterocycles. The van der Waals surface area contributed by atoms with E-state index in [-0.39, 0.29) is 17.0 Å². The molecule has 0 spiro atoms. The van der Waals surface area contributed by atoms with Gasteiger partial charge in [0.15, 0.2) is 5.58 Å². The molecule has 2 aromatic carbocycles. The zero-order chi connectivity index (χ0) is 16.8. The average molecular weight is 331 g/mol. The summed E-state index contributed by atoms with van der Waals surface area (Å²) in [6.45, 7) is 6.35. The Bertz CT molecular complexity index is 910. The van der Waals surface area contributed by atoms with Gasteiger partial charge in [0.05, 0.1) is 15.5 Å². The van der Waals surface area contributed by atoms with Crippen LogP contribution in [0.1, 0.15) is 26.3 Å². The Balaban J connectivity index is 2.14. The van der Waals surface area contributed by atoms with Gasteiger partial charge in [-0.15, -0.1) is 0 Å². The second kappa shape index (κ2) is 5.35. The van der Waals surface area contributed by atoms with E-state index in [2.05, 4.69) is 25.8 Å². The molecular formula is C17H15ClN2O3. The first-order valence-corrected chi connectivity index (χ1v) is 7.49. The Morgan fingerprint density at radius 2 is 1.91 bits per heavy atom. The van der Waals surface area contributed by atoms with Crippen molar-refractivity contribution in [3.63, 3.8) is 0 Å². The number of hydrogen-bond donors (Lipinski definition) is 0. The largest absolute Gasteiger partial charge is 0.436 e. The Morgan fingerprint density at radius 3 is 2.57 bits per heavy atom. The summed E-state index contributed by atoms with van der Waals surface area (Å²) < 4.78 is 5.72. The van der Waals surface area contributed by atoms with Crippen molar-refractivity contribution < 1.29 is 9.34 Å². The van der Waals surface area contributed by atoms with E-state index in [4.69, 9.17) is 16.0 Å². The van der Waals surface area contributed by atoms with Crippen molar-refractivity contribution in [2.45, 2.75) is 26.2 Å². The summed E-state index contributed by atoms with van der Waals surface area (Å²) in [4.78, 5) is 14.9. The van der Waals surface area contributed by atoms with Crippen molar-refractivity contribution >= 4 is 28.4 Å². The van der Waals surface area contributed by atoms with Crippen LogP contribution in [-0.2, 0) is 5.41 Å². The molecule has 0 aliphatic heterocycles. The number of aromatic nitrogens is 1. The second-order valence-corrected chi connectivity index (χ2v) is 6.78. The number of halogens is 1. The minimum Gasteiger partial charge on any atom is -0.436 e. The van der Waals surface area contributed by atoms with Crippen LogP contribution in [0.15, 0.2) is 40.8 Å². The van der Waals surface area contributed by atoms with Crippen molar-refractivity contribution in [1.29, 1.82) is 0 Å². The maximum atomic E-state index is 10.9. The van der Waals surface area contributed by atoms with Crippen LogP contribution in [0.5, 0.6) is 0 Å². The number of benzene rings is 2. The first-order chi connectivity index (χ1) is 10.8. The van der Waals surface area contributed by atoms with Gasteiger partial charge in [0, 0.05) is 12.1 Å². The first kappa shape index (κ1) is 15.5. The zero-order valence-electron chi connectivity index (χ0n) is 13.0. The summed E-state index contributed by atoms with van der Waals surface area (Å²) in [7, 11) is 0. The summed E-state index contributed by atoms with van der Waals surface area (Å²) in [5, 5.41) is 11.3. The predicted molar refractivity (Wildman–Crippen MR) is 89.8 cm³/mol. The highest BCUT2D eigenvalue weighted by atomic mass is 35.5. The topological polar surface area (TPSA) is 69.2 Å². The van der Waals surface area contributed by atoms with Crippen LogP contribution < -0.4 is 0 Å². The van der Waals surface area contributed by atoms with E-state index in [1.54, 1.807) is 0 Å². The Labute approximate surface area is 138 Å². The van der Waals surface area contributed by atoms with Crippen LogP contribution in [0.4, 0.5) is 5.69 Å². The molecule has 0 unspecified atom stereocenters. The van der Waals surface area contributed by atoms with Crippen LogP contribution in [-0.4, -0.2) is 9.91 Å². The molecule has 1 heterocycles. The molecule has 0 aliphatic rings. The highest BCUT2D eigenvalue weighted by molar-refractivity contribution is 6.33. The molecule has 3 aromatic rings. The lowest BCUT2D eigenvalue weighted by atomic mass is 9.87. The van der Waals surface area contributed by atoms with E-state index in [0.29, 0.717) is 21.7 Å². The van der Waals surface area contributed by atoms with Crippen molar-refractivity contribution in [2.75, 3.05) is 0 Å². The Hall–Kier alpha value is -2.40. The van der Waals surface area contributed by atoms with Gasteiger partial charge in [0.1, 0.15) is 5.52 Å². The van der Waals surface area contributed by atoms with E-state index in [1.807, 2.05) is 18.2 Å². The van der Waals surface area contributed by atoms with Gasteiger partial charge in [0.2, 0.25) is 5.89 Å². The Kier molecular flexibility index (Phi) is 3.60. The number of rotatable bonds is 2.